The summed E-state index contributed by atoms with van der Waals surface area (Å²) in [4.78, 5) is 22.7. The van der Waals surface area contributed by atoms with Gasteiger partial charge in [0.2, 0.25) is 0 Å². The molecule has 0 bridgehead atoms. The van der Waals surface area contributed by atoms with E-state index in [0.717, 1.165) is 0 Å². The fraction of sp³-hybridized carbons (Fsp3) is 0.0667. The minimum Gasteiger partial charge on any atom is -0.485 e. The van der Waals surface area contributed by atoms with E-state index in [1.807, 2.05) is 0 Å². The molecule has 3 nitrogen and oxygen atoms in total. The fourth-order valence-electron chi connectivity index (χ4n) is 1.57. The van der Waals surface area contributed by atoms with Gasteiger partial charge in [0.1, 0.15) is 5.75 Å². The number of rotatable bonds is 5. The third-order valence-electron chi connectivity index (χ3n) is 2.57. The van der Waals surface area contributed by atoms with Crippen LogP contribution in [0.4, 0.5) is 0 Å². The summed E-state index contributed by atoms with van der Waals surface area (Å²) in [6.07, 6.45) is 0.697. The smallest absolute Gasteiger partial charge is 0.200 e. The van der Waals surface area contributed by atoms with E-state index in [1.165, 1.54) is 0 Å². The zero-order chi connectivity index (χ0) is 13.7. The Morgan fingerprint density at radius 3 is 2.47 bits per heavy atom. The number of para-hydroxylation sites is 1. The van der Waals surface area contributed by atoms with Gasteiger partial charge in [-0.05, 0) is 36.4 Å². The van der Waals surface area contributed by atoms with Gasteiger partial charge in [-0.15, -0.1) is 0 Å². The van der Waals surface area contributed by atoms with E-state index in [1.54, 1.807) is 48.5 Å². The highest BCUT2D eigenvalue weighted by Crippen LogP contribution is 2.16. The summed E-state index contributed by atoms with van der Waals surface area (Å²) in [5.41, 5.74) is 0.944. The lowest BCUT2D eigenvalue weighted by Crippen LogP contribution is -2.12. The van der Waals surface area contributed by atoms with Crippen LogP contribution in [0.5, 0.6) is 5.75 Å². The summed E-state index contributed by atoms with van der Waals surface area (Å²) in [6.45, 7) is -0.119. The molecule has 0 saturated heterocycles. The standard InChI is InChI=1S/C15H11ClO3/c16-13-7-5-11(6-8-13)14(18)10-19-15-4-2-1-3-12(15)9-17/h1-9H,10H2. The number of hydrogen-bond donors (Lipinski definition) is 0. The zero-order valence-electron chi connectivity index (χ0n) is 10.0. The van der Waals surface area contributed by atoms with Gasteiger partial charge >= 0.3 is 0 Å². The number of carbonyl (C=O) groups is 2. The van der Waals surface area contributed by atoms with Gasteiger partial charge < -0.3 is 4.74 Å². The van der Waals surface area contributed by atoms with Gasteiger partial charge in [-0.3, -0.25) is 9.59 Å². The van der Waals surface area contributed by atoms with E-state index in [2.05, 4.69) is 0 Å². The molecule has 4 heteroatoms. The molecule has 0 amide bonds. The zero-order valence-corrected chi connectivity index (χ0v) is 10.8. The first-order valence-electron chi connectivity index (χ1n) is 5.66. The van der Waals surface area contributed by atoms with Crippen molar-refractivity contribution >= 4 is 23.7 Å². The van der Waals surface area contributed by atoms with Crippen LogP contribution in [0.3, 0.4) is 0 Å². The molecule has 19 heavy (non-hydrogen) atoms. The number of aldehydes is 1. The normalized spacial score (nSPS) is 9.95. The van der Waals surface area contributed by atoms with Crippen LogP contribution >= 0.6 is 11.6 Å². The minimum absolute atomic E-state index is 0.119. The maximum Gasteiger partial charge on any atom is 0.200 e. The lowest BCUT2D eigenvalue weighted by atomic mass is 10.1. The number of Topliss-reactive ketones (excluding diaryl/α,β-unsaturated/α-hetero) is 1. The van der Waals surface area contributed by atoms with Crippen molar-refractivity contribution in [2.24, 2.45) is 0 Å². The molecule has 2 aromatic carbocycles. The van der Waals surface area contributed by atoms with E-state index < -0.39 is 0 Å². The van der Waals surface area contributed by atoms with Crippen LogP contribution in [0.2, 0.25) is 5.02 Å². The Balaban J connectivity index is 2.04. The molecule has 0 N–H and O–H groups in total. The molecule has 2 rings (SSSR count). The maximum absolute atomic E-state index is 11.9. The first-order valence-corrected chi connectivity index (χ1v) is 6.04. The molecule has 96 valence electrons. The Hall–Kier alpha value is -2.13. The SMILES string of the molecule is O=Cc1ccccc1OCC(=O)c1ccc(Cl)cc1. The highest BCUT2D eigenvalue weighted by Gasteiger charge is 2.08. The number of benzene rings is 2. The molecular formula is C15H11ClO3. The van der Waals surface area contributed by atoms with Gasteiger partial charge in [0.05, 0.1) is 5.56 Å². The Morgan fingerprint density at radius 1 is 1.11 bits per heavy atom. The average molecular weight is 275 g/mol. The molecule has 2 aromatic rings. The molecule has 0 aliphatic rings. The molecule has 0 atom stereocenters. The lowest BCUT2D eigenvalue weighted by Gasteiger charge is -2.07. The van der Waals surface area contributed by atoms with Gasteiger partial charge in [0.25, 0.3) is 0 Å². The molecule has 0 saturated carbocycles. The first-order chi connectivity index (χ1) is 9.20. The number of carbonyl (C=O) groups excluding carboxylic acids is 2. The lowest BCUT2D eigenvalue weighted by molar-refractivity contribution is 0.0918. The van der Waals surface area contributed by atoms with Gasteiger partial charge in [-0.25, -0.2) is 0 Å². The maximum atomic E-state index is 11.9. The monoisotopic (exact) mass is 274 g/mol. The topological polar surface area (TPSA) is 43.4 Å². The quantitative estimate of drug-likeness (QED) is 0.620. The summed E-state index contributed by atoms with van der Waals surface area (Å²) in [7, 11) is 0. The number of hydrogen-bond acceptors (Lipinski definition) is 3. The molecule has 0 unspecified atom stereocenters. The summed E-state index contributed by atoms with van der Waals surface area (Å²) >= 11 is 5.75. The molecule has 0 aliphatic carbocycles. The van der Waals surface area contributed by atoms with Crippen molar-refractivity contribution in [2.75, 3.05) is 6.61 Å². The first kappa shape index (κ1) is 13.3. The fourth-order valence-corrected chi connectivity index (χ4v) is 1.70. The van der Waals surface area contributed by atoms with Crippen LogP contribution in [-0.2, 0) is 0 Å². The largest absolute Gasteiger partial charge is 0.485 e. The van der Waals surface area contributed by atoms with E-state index in [4.69, 9.17) is 16.3 Å². The second-order valence-electron chi connectivity index (χ2n) is 3.87. The molecule has 0 heterocycles. The van der Waals surface area contributed by atoms with Crippen LogP contribution in [0, 0.1) is 0 Å². The van der Waals surface area contributed by atoms with Crippen molar-refractivity contribution in [3.05, 3.63) is 64.7 Å². The summed E-state index contributed by atoms with van der Waals surface area (Å²) in [6, 6.07) is 13.3. The van der Waals surface area contributed by atoms with Crippen LogP contribution < -0.4 is 4.74 Å². The van der Waals surface area contributed by atoms with E-state index in [0.29, 0.717) is 28.2 Å². The van der Waals surface area contributed by atoms with Crippen molar-refractivity contribution in [3.8, 4) is 5.75 Å². The number of halogens is 1. The van der Waals surface area contributed by atoms with Crippen molar-refractivity contribution in [2.45, 2.75) is 0 Å². The van der Waals surface area contributed by atoms with E-state index in [9.17, 15) is 9.59 Å². The summed E-state index contributed by atoms with van der Waals surface area (Å²) in [5.74, 6) is 0.234. The van der Waals surface area contributed by atoms with Crippen LogP contribution in [0.1, 0.15) is 20.7 Å². The molecule has 0 aliphatic heterocycles. The minimum atomic E-state index is -0.169. The van der Waals surface area contributed by atoms with Crippen LogP contribution in [-0.4, -0.2) is 18.7 Å². The molecular weight excluding hydrogens is 264 g/mol. The molecule has 0 radical (unpaired) electrons. The van der Waals surface area contributed by atoms with E-state index >= 15 is 0 Å². The van der Waals surface area contributed by atoms with Crippen molar-refractivity contribution < 1.29 is 14.3 Å². The van der Waals surface area contributed by atoms with Gasteiger partial charge in [0.15, 0.2) is 18.7 Å². The van der Waals surface area contributed by atoms with Gasteiger partial charge in [-0.1, -0.05) is 23.7 Å². The Kier molecular flexibility index (Phi) is 4.31. The van der Waals surface area contributed by atoms with Crippen LogP contribution in [0.15, 0.2) is 48.5 Å². The molecule has 0 spiro atoms. The number of ether oxygens (including phenoxy) is 1. The Labute approximate surface area is 115 Å². The van der Waals surface area contributed by atoms with Gasteiger partial charge in [-0.2, -0.15) is 0 Å². The molecule has 0 aromatic heterocycles. The Morgan fingerprint density at radius 2 is 1.79 bits per heavy atom. The van der Waals surface area contributed by atoms with Crippen LogP contribution in [0.25, 0.3) is 0 Å². The highest BCUT2D eigenvalue weighted by atomic mass is 35.5. The van der Waals surface area contributed by atoms with Crippen molar-refractivity contribution in [1.82, 2.24) is 0 Å². The second-order valence-corrected chi connectivity index (χ2v) is 4.31. The predicted molar refractivity (Wildman–Crippen MR) is 73.1 cm³/mol. The average Bonchev–Trinajstić information content (AvgIpc) is 2.45. The summed E-state index contributed by atoms with van der Waals surface area (Å²) < 4.78 is 5.36. The van der Waals surface area contributed by atoms with Crippen molar-refractivity contribution in [3.63, 3.8) is 0 Å². The second kappa shape index (κ2) is 6.16. The third-order valence-corrected chi connectivity index (χ3v) is 2.82. The highest BCUT2D eigenvalue weighted by molar-refractivity contribution is 6.30. The number of ketones is 1. The summed E-state index contributed by atoms with van der Waals surface area (Å²) in [5, 5.41) is 0.573. The predicted octanol–water partition coefficient (Wildman–Crippen LogP) is 3.41. The van der Waals surface area contributed by atoms with Gasteiger partial charge in [0, 0.05) is 10.6 Å². The van der Waals surface area contributed by atoms with E-state index in [-0.39, 0.29) is 12.4 Å². The Bertz CT molecular complexity index is 591. The van der Waals surface area contributed by atoms with Crippen molar-refractivity contribution in [1.29, 1.82) is 0 Å². The third kappa shape index (κ3) is 3.42. The molecule has 0 fully saturated rings.